The molecule has 0 aromatic heterocycles. The lowest BCUT2D eigenvalue weighted by molar-refractivity contribution is -0.117. The summed E-state index contributed by atoms with van der Waals surface area (Å²) in [6, 6.07) is 4.79. The summed E-state index contributed by atoms with van der Waals surface area (Å²) in [7, 11) is 1.45. The first-order valence-corrected chi connectivity index (χ1v) is 8.02. The molecule has 3 N–H and O–H groups in total. The number of benzene rings is 1. The van der Waals surface area contributed by atoms with Crippen LogP contribution in [0.5, 0.6) is 0 Å². The summed E-state index contributed by atoms with van der Waals surface area (Å²) in [5, 5.41) is 2.80. The van der Waals surface area contributed by atoms with Crippen molar-refractivity contribution in [1.29, 1.82) is 0 Å². The molecule has 3 amide bonds. The Balaban J connectivity index is 1.64. The van der Waals surface area contributed by atoms with Gasteiger partial charge >= 0.3 is 0 Å². The topological polar surface area (TPSA) is 95.7 Å². The molecule has 7 heteroatoms. The van der Waals surface area contributed by atoms with E-state index in [4.69, 9.17) is 5.73 Å². The van der Waals surface area contributed by atoms with Crippen LogP contribution < -0.4 is 11.1 Å². The first-order chi connectivity index (χ1) is 11.3. The SMILES string of the molecule is CN1C(=O)c2ccc(NC(=O)CN3CCC(C)(CN)C3)cc2C1=O. The molecule has 1 atom stereocenters. The van der Waals surface area contributed by atoms with Crippen molar-refractivity contribution < 1.29 is 14.4 Å². The van der Waals surface area contributed by atoms with Gasteiger partial charge in [0.2, 0.25) is 5.91 Å². The van der Waals surface area contributed by atoms with Crippen LogP contribution in [0.2, 0.25) is 0 Å². The third-order valence-corrected chi connectivity index (χ3v) is 4.87. The molecule has 0 spiro atoms. The Hall–Kier alpha value is -2.25. The maximum absolute atomic E-state index is 12.2. The van der Waals surface area contributed by atoms with Crippen LogP contribution in [-0.2, 0) is 4.79 Å². The third-order valence-electron chi connectivity index (χ3n) is 4.87. The molecule has 128 valence electrons. The Labute approximate surface area is 140 Å². The lowest BCUT2D eigenvalue weighted by Crippen LogP contribution is -2.35. The van der Waals surface area contributed by atoms with Crippen LogP contribution in [0.25, 0.3) is 0 Å². The number of rotatable bonds is 4. The molecule has 2 heterocycles. The van der Waals surface area contributed by atoms with Crippen molar-refractivity contribution in [3.8, 4) is 0 Å². The van der Waals surface area contributed by atoms with E-state index in [9.17, 15) is 14.4 Å². The van der Waals surface area contributed by atoms with Crippen LogP contribution in [0, 0.1) is 5.41 Å². The molecule has 1 aromatic carbocycles. The number of nitrogens with two attached hydrogens (primary N) is 1. The maximum atomic E-state index is 12.2. The summed E-state index contributed by atoms with van der Waals surface area (Å²) in [6.45, 7) is 4.69. The van der Waals surface area contributed by atoms with E-state index in [0.29, 0.717) is 29.9 Å². The van der Waals surface area contributed by atoms with Crippen LogP contribution in [0.15, 0.2) is 18.2 Å². The Morgan fingerprint density at radius 3 is 2.67 bits per heavy atom. The number of amides is 3. The summed E-state index contributed by atoms with van der Waals surface area (Å²) in [5.74, 6) is -0.795. The number of nitrogens with zero attached hydrogens (tertiary/aromatic N) is 2. The Kier molecular flexibility index (Phi) is 4.15. The number of nitrogens with one attached hydrogen (secondary N) is 1. The van der Waals surface area contributed by atoms with E-state index in [0.717, 1.165) is 24.4 Å². The van der Waals surface area contributed by atoms with Crippen LogP contribution in [0.3, 0.4) is 0 Å². The average Bonchev–Trinajstić information content (AvgIpc) is 3.02. The lowest BCUT2D eigenvalue weighted by atomic mass is 9.90. The van der Waals surface area contributed by atoms with Crippen molar-refractivity contribution in [1.82, 2.24) is 9.80 Å². The smallest absolute Gasteiger partial charge is 0.261 e. The summed E-state index contributed by atoms with van der Waals surface area (Å²) >= 11 is 0. The van der Waals surface area contributed by atoms with Gasteiger partial charge in [0.15, 0.2) is 0 Å². The quantitative estimate of drug-likeness (QED) is 0.785. The zero-order valence-corrected chi connectivity index (χ0v) is 14.0. The normalized spacial score (nSPS) is 23.7. The molecule has 1 unspecified atom stereocenters. The summed E-state index contributed by atoms with van der Waals surface area (Å²) in [4.78, 5) is 39.3. The molecule has 1 saturated heterocycles. The number of imide groups is 1. The zero-order chi connectivity index (χ0) is 17.5. The van der Waals surface area contributed by atoms with E-state index in [1.165, 1.54) is 7.05 Å². The van der Waals surface area contributed by atoms with E-state index < -0.39 is 0 Å². The molecular formula is C17H22N4O3. The van der Waals surface area contributed by atoms with Gasteiger partial charge in [0, 0.05) is 19.3 Å². The van der Waals surface area contributed by atoms with Gasteiger partial charge in [0.25, 0.3) is 11.8 Å². The number of fused-ring (bicyclic) bond motifs is 1. The van der Waals surface area contributed by atoms with Gasteiger partial charge in [0.05, 0.1) is 17.7 Å². The van der Waals surface area contributed by atoms with Gasteiger partial charge in [-0.2, -0.15) is 0 Å². The fraction of sp³-hybridized carbons (Fsp3) is 0.471. The molecular weight excluding hydrogens is 308 g/mol. The first-order valence-electron chi connectivity index (χ1n) is 8.02. The second-order valence-corrected chi connectivity index (χ2v) is 6.95. The van der Waals surface area contributed by atoms with Gasteiger partial charge in [0.1, 0.15) is 0 Å². The Bertz CT molecular complexity index is 718. The average molecular weight is 330 g/mol. The first kappa shape index (κ1) is 16.6. The van der Waals surface area contributed by atoms with Crippen molar-refractivity contribution in [2.45, 2.75) is 13.3 Å². The van der Waals surface area contributed by atoms with E-state index in [-0.39, 0.29) is 23.1 Å². The monoisotopic (exact) mass is 330 g/mol. The molecule has 0 aliphatic carbocycles. The van der Waals surface area contributed by atoms with Gasteiger partial charge in [-0.3, -0.25) is 24.2 Å². The summed E-state index contributed by atoms with van der Waals surface area (Å²) in [6.07, 6.45) is 0.985. The van der Waals surface area contributed by atoms with E-state index in [1.807, 2.05) is 0 Å². The molecule has 3 rings (SSSR count). The number of hydrogen-bond donors (Lipinski definition) is 2. The fourth-order valence-electron chi connectivity index (χ4n) is 3.27. The van der Waals surface area contributed by atoms with E-state index in [2.05, 4.69) is 17.1 Å². The minimum absolute atomic E-state index is 0.0746. The van der Waals surface area contributed by atoms with Crippen molar-refractivity contribution in [2.75, 3.05) is 38.5 Å². The largest absolute Gasteiger partial charge is 0.330 e. The van der Waals surface area contributed by atoms with Gasteiger partial charge in [-0.25, -0.2) is 0 Å². The summed E-state index contributed by atoms with van der Waals surface area (Å²) in [5.41, 5.74) is 7.08. The maximum Gasteiger partial charge on any atom is 0.261 e. The number of hydrogen-bond acceptors (Lipinski definition) is 5. The Morgan fingerprint density at radius 1 is 1.29 bits per heavy atom. The van der Waals surface area contributed by atoms with E-state index in [1.54, 1.807) is 18.2 Å². The van der Waals surface area contributed by atoms with Crippen molar-refractivity contribution in [3.63, 3.8) is 0 Å². The van der Waals surface area contributed by atoms with Crippen molar-refractivity contribution in [2.24, 2.45) is 11.1 Å². The number of anilines is 1. The molecule has 2 aliphatic rings. The highest BCUT2D eigenvalue weighted by Crippen LogP contribution is 2.28. The molecule has 1 aromatic rings. The van der Waals surface area contributed by atoms with Crippen molar-refractivity contribution in [3.05, 3.63) is 29.3 Å². The second-order valence-electron chi connectivity index (χ2n) is 6.95. The van der Waals surface area contributed by atoms with Gasteiger partial charge in [-0.05, 0) is 43.1 Å². The molecule has 0 saturated carbocycles. The van der Waals surface area contributed by atoms with Gasteiger partial charge in [-0.15, -0.1) is 0 Å². The molecule has 24 heavy (non-hydrogen) atoms. The zero-order valence-electron chi connectivity index (χ0n) is 14.0. The number of carbonyl (C=O) groups is 3. The minimum Gasteiger partial charge on any atom is -0.330 e. The van der Waals surface area contributed by atoms with E-state index >= 15 is 0 Å². The minimum atomic E-state index is -0.343. The van der Waals surface area contributed by atoms with Gasteiger partial charge in [-0.1, -0.05) is 6.92 Å². The lowest BCUT2D eigenvalue weighted by Gasteiger charge is -2.22. The molecule has 2 aliphatic heterocycles. The standard InChI is InChI=1S/C17H22N4O3/c1-17(9-18)5-6-21(10-17)8-14(22)19-11-3-4-12-13(7-11)16(24)20(2)15(12)23/h3-4,7H,5-6,8-10,18H2,1-2H3,(H,19,22). The van der Waals surface area contributed by atoms with Crippen LogP contribution >= 0.6 is 0 Å². The predicted molar refractivity (Wildman–Crippen MR) is 89.7 cm³/mol. The Morgan fingerprint density at radius 2 is 2.00 bits per heavy atom. The van der Waals surface area contributed by atoms with Crippen LogP contribution in [0.4, 0.5) is 5.69 Å². The van der Waals surface area contributed by atoms with Crippen LogP contribution in [0.1, 0.15) is 34.1 Å². The predicted octanol–water partition coefficient (Wildman–Crippen LogP) is 0.522. The van der Waals surface area contributed by atoms with Crippen LogP contribution in [-0.4, -0.2) is 60.7 Å². The van der Waals surface area contributed by atoms with Crippen molar-refractivity contribution >= 4 is 23.4 Å². The number of likely N-dealkylation sites (tertiary alicyclic amines) is 1. The highest BCUT2D eigenvalue weighted by molar-refractivity contribution is 6.21. The molecule has 0 radical (unpaired) electrons. The highest BCUT2D eigenvalue weighted by atomic mass is 16.2. The highest BCUT2D eigenvalue weighted by Gasteiger charge is 2.34. The summed E-state index contributed by atoms with van der Waals surface area (Å²) < 4.78 is 0. The second kappa shape index (κ2) is 5.99. The molecule has 1 fully saturated rings. The fourth-order valence-corrected chi connectivity index (χ4v) is 3.27. The molecule has 7 nitrogen and oxygen atoms in total. The van der Waals surface area contributed by atoms with Gasteiger partial charge < -0.3 is 11.1 Å². The third kappa shape index (κ3) is 2.92. The molecule has 0 bridgehead atoms. The number of carbonyl (C=O) groups excluding carboxylic acids is 3.